The van der Waals surface area contributed by atoms with Gasteiger partial charge in [-0.15, -0.1) is 0 Å². The van der Waals surface area contributed by atoms with Crippen molar-refractivity contribution < 1.29 is 28.5 Å². The number of aliphatic hydroxyl groups is 1. The first-order chi connectivity index (χ1) is 12.4. The number of alkyl halides is 2. The summed E-state index contributed by atoms with van der Waals surface area (Å²) in [5.74, 6) is -0.945. The molecule has 0 bridgehead atoms. The number of halogens is 2. The molecule has 1 heterocycles. The number of allylic oxidation sites excluding steroid dienone is 3. The van der Waals surface area contributed by atoms with Crippen LogP contribution in [-0.4, -0.2) is 40.7 Å². The summed E-state index contributed by atoms with van der Waals surface area (Å²) in [6, 6.07) is 0. The third-order valence-corrected chi connectivity index (χ3v) is 5.31. The number of ether oxygens (including phenoxy) is 1. The van der Waals surface area contributed by atoms with Crippen LogP contribution in [0.2, 0.25) is 0 Å². The van der Waals surface area contributed by atoms with Crippen LogP contribution in [0.25, 0.3) is 0 Å². The highest BCUT2D eigenvalue weighted by atomic mass is 19.1. The molecule has 2 aliphatic rings. The minimum Gasteiger partial charge on any atom is -0.492 e. The molecule has 0 radical (unpaired) electrons. The molecular weight excluding hydrogens is 342 g/mol. The monoisotopic (exact) mass is 372 g/mol. The number of fused-ring (bicyclic) bond motifs is 1. The summed E-state index contributed by atoms with van der Waals surface area (Å²) in [6.07, 6.45) is 5.45. The van der Waals surface area contributed by atoms with Crippen LogP contribution in [-0.2, 0) is 9.53 Å². The van der Waals surface area contributed by atoms with Crippen LogP contribution in [0, 0.1) is 11.8 Å². The van der Waals surface area contributed by atoms with E-state index in [0.717, 1.165) is 25.7 Å². The molecule has 2 fully saturated rings. The van der Waals surface area contributed by atoms with Crippen molar-refractivity contribution in [2.45, 2.75) is 82.8 Å². The number of aliphatic hydroxyl groups excluding tert-OH is 1. The highest BCUT2D eigenvalue weighted by Crippen LogP contribution is 2.47. The topological polar surface area (TPSA) is 66.8 Å². The molecule has 26 heavy (non-hydrogen) atoms. The van der Waals surface area contributed by atoms with Crippen molar-refractivity contribution in [1.29, 1.82) is 0 Å². The average Bonchev–Trinajstić information content (AvgIpc) is 3.14. The van der Waals surface area contributed by atoms with E-state index in [4.69, 9.17) is 9.84 Å². The molecule has 6 heteroatoms. The van der Waals surface area contributed by atoms with Crippen LogP contribution in [0.5, 0.6) is 0 Å². The lowest BCUT2D eigenvalue weighted by atomic mass is 9.90. The van der Waals surface area contributed by atoms with Crippen LogP contribution in [0.4, 0.5) is 8.78 Å². The molecule has 0 unspecified atom stereocenters. The molecule has 2 N–H and O–H groups in total. The maximum atomic E-state index is 14.7. The Bertz CT molecular complexity index is 520. The molecule has 1 saturated carbocycles. The first-order valence-corrected chi connectivity index (χ1v) is 9.67. The van der Waals surface area contributed by atoms with Gasteiger partial charge in [-0.05, 0) is 44.1 Å². The molecule has 0 aromatic carbocycles. The predicted molar refractivity (Wildman–Crippen MR) is 95.1 cm³/mol. The van der Waals surface area contributed by atoms with E-state index in [1.165, 1.54) is 6.08 Å². The maximum Gasteiger partial charge on any atom is 0.303 e. The average molecular weight is 372 g/mol. The Hall–Kier alpha value is -1.43. The van der Waals surface area contributed by atoms with Gasteiger partial charge in [-0.3, -0.25) is 4.79 Å². The largest absolute Gasteiger partial charge is 0.492 e. The highest BCUT2D eigenvalue weighted by molar-refractivity contribution is 5.66. The van der Waals surface area contributed by atoms with Crippen molar-refractivity contribution in [1.82, 2.24) is 0 Å². The first-order valence-electron chi connectivity index (χ1n) is 9.67. The van der Waals surface area contributed by atoms with Gasteiger partial charge in [0.25, 0.3) is 0 Å². The Kier molecular flexibility index (Phi) is 8.07. The molecular formula is C20H30F2O4. The maximum absolute atomic E-state index is 14.7. The Labute approximate surface area is 153 Å². The number of rotatable bonds is 10. The van der Waals surface area contributed by atoms with Crippen molar-refractivity contribution >= 4 is 5.97 Å². The molecule has 6 atom stereocenters. The van der Waals surface area contributed by atoms with Crippen LogP contribution < -0.4 is 0 Å². The summed E-state index contributed by atoms with van der Waals surface area (Å²) in [7, 11) is 0. The Morgan fingerprint density at radius 3 is 2.85 bits per heavy atom. The molecule has 2 rings (SSSR count). The van der Waals surface area contributed by atoms with Gasteiger partial charge in [0.05, 0.1) is 0 Å². The van der Waals surface area contributed by atoms with E-state index in [1.807, 2.05) is 6.92 Å². The fraction of sp³-hybridized carbons (Fsp3) is 0.750. The number of carbonyl (C=O) groups is 1. The Morgan fingerprint density at radius 2 is 2.15 bits per heavy atom. The SMILES string of the molecule is CCCC[C@@H](F)[C@H](O)C=C[C@H]1CC[C@H]2OC(=CCCCC(=O)O)[C@@H](F)[C@H]12. The van der Waals surface area contributed by atoms with Gasteiger partial charge in [-0.1, -0.05) is 31.9 Å². The number of hydrogen-bond donors (Lipinski definition) is 2. The number of carboxylic acids is 1. The second kappa shape index (κ2) is 10.0. The summed E-state index contributed by atoms with van der Waals surface area (Å²) in [4.78, 5) is 10.5. The van der Waals surface area contributed by atoms with E-state index < -0.39 is 24.4 Å². The quantitative estimate of drug-likeness (QED) is 0.442. The van der Waals surface area contributed by atoms with Crippen molar-refractivity contribution in [2.24, 2.45) is 11.8 Å². The van der Waals surface area contributed by atoms with Crippen molar-refractivity contribution in [3.63, 3.8) is 0 Å². The summed E-state index contributed by atoms with van der Waals surface area (Å²) in [6.45, 7) is 1.97. The van der Waals surface area contributed by atoms with E-state index in [1.54, 1.807) is 12.2 Å². The van der Waals surface area contributed by atoms with Crippen LogP contribution in [0.3, 0.4) is 0 Å². The zero-order chi connectivity index (χ0) is 19.1. The van der Waals surface area contributed by atoms with E-state index in [0.29, 0.717) is 25.0 Å². The minimum absolute atomic E-state index is 0.0548. The van der Waals surface area contributed by atoms with Gasteiger partial charge in [0, 0.05) is 12.3 Å². The molecule has 0 aromatic rings. The highest BCUT2D eigenvalue weighted by Gasteiger charge is 2.49. The summed E-state index contributed by atoms with van der Waals surface area (Å²) >= 11 is 0. The predicted octanol–water partition coefficient (Wildman–Crippen LogP) is 4.33. The zero-order valence-corrected chi connectivity index (χ0v) is 15.3. The zero-order valence-electron chi connectivity index (χ0n) is 15.3. The van der Waals surface area contributed by atoms with Crippen molar-refractivity contribution in [3.05, 3.63) is 24.0 Å². The van der Waals surface area contributed by atoms with Gasteiger partial charge < -0.3 is 14.9 Å². The van der Waals surface area contributed by atoms with E-state index >= 15 is 0 Å². The Morgan fingerprint density at radius 1 is 1.38 bits per heavy atom. The number of aliphatic carboxylic acids is 1. The van der Waals surface area contributed by atoms with Crippen LogP contribution >= 0.6 is 0 Å². The molecule has 1 aliphatic carbocycles. The van der Waals surface area contributed by atoms with Gasteiger partial charge in [-0.25, -0.2) is 8.78 Å². The molecule has 4 nitrogen and oxygen atoms in total. The number of unbranched alkanes of at least 4 members (excludes halogenated alkanes) is 2. The minimum atomic E-state index is -1.28. The van der Waals surface area contributed by atoms with Crippen molar-refractivity contribution in [2.75, 3.05) is 0 Å². The lowest BCUT2D eigenvalue weighted by molar-refractivity contribution is -0.137. The number of hydrogen-bond acceptors (Lipinski definition) is 3. The molecule has 148 valence electrons. The molecule has 0 spiro atoms. The van der Waals surface area contributed by atoms with E-state index in [-0.39, 0.29) is 24.4 Å². The number of carboxylic acid groups (broad SMARTS) is 1. The van der Waals surface area contributed by atoms with Crippen LogP contribution in [0.15, 0.2) is 24.0 Å². The first kappa shape index (κ1) is 20.9. The summed E-state index contributed by atoms with van der Waals surface area (Å²) in [5, 5.41) is 18.5. The lowest BCUT2D eigenvalue weighted by Gasteiger charge is -2.16. The normalized spacial score (nSPS) is 31.9. The van der Waals surface area contributed by atoms with Gasteiger partial charge in [0.15, 0.2) is 6.17 Å². The van der Waals surface area contributed by atoms with Gasteiger partial charge in [0.2, 0.25) is 0 Å². The van der Waals surface area contributed by atoms with Gasteiger partial charge in [0.1, 0.15) is 24.1 Å². The van der Waals surface area contributed by atoms with E-state index in [9.17, 15) is 18.7 Å². The molecule has 1 aliphatic heterocycles. The second-order valence-electron chi connectivity index (χ2n) is 7.30. The van der Waals surface area contributed by atoms with Crippen molar-refractivity contribution in [3.8, 4) is 0 Å². The summed E-state index contributed by atoms with van der Waals surface area (Å²) in [5.41, 5.74) is 0. The lowest BCUT2D eigenvalue weighted by Crippen LogP contribution is -2.22. The molecule has 0 aromatic heterocycles. The molecule has 0 amide bonds. The summed E-state index contributed by atoms with van der Waals surface area (Å²) < 4.78 is 34.3. The third-order valence-electron chi connectivity index (χ3n) is 5.31. The fourth-order valence-electron chi connectivity index (χ4n) is 3.82. The second-order valence-corrected chi connectivity index (χ2v) is 7.30. The van der Waals surface area contributed by atoms with E-state index in [2.05, 4.69) is 0 Å². The van der Waals surface area contributed by atoms with Gasteiger partial charge in [-0.2, -0.15) is 0 Å². The van der Waals surface area contributed by atoms with Gasteiger partial charge >= 0.3 is 5.97 Å². The fourth-order valence-corrected chi connectivity index (χ4v) is 3.82. The Balaban J connectivity index is 1.88. The smallest absolute Gasteiger partial charge is 0.303 e. The third kappa shape index (κ3) is 5.53. The molecule has 1 saturated heterocycles. The van der Waals surface area contributed by atoms with Crippen LogP contribution in [0.1, 0.15) is 58.3 Å². The standard InChI is InChI=1S/C20H30F2O4/c1-2-3-6-14(21)15(23)11-9-13-10-12-16-19(13)20(22)17(26-16)7-4-5-8-18(24)25/h7,9,11,13-16,19-20,23H,2-6,8,10,12H2,1H3,(H,24,25)/t13-,14+,15+,16+,19+,20+/m0/s1.